The molecule has 0 bridgehead atoms. The van der Waals surface area contributed by atoms with E-state index in [2.05, 4.69) is 10.3 Å². The summed E-state index contributed by atoms with van der Waals surface area (Å²) in [4.78, 5) is 29.3. The van der Waals surface area contributed by atoms with Gasteiger partial charge in [-0.05, 0) is 43.3 Å². The van der Waals surface area contributed by atoms with Crippen molar-refractivity contribution in [3.8, 4) is 22.3 Å². The number of amides is 1. The molecule has 0 aliphatic carbocycles. The van der Waals surface area contributed by atoms with Crippen LogP contribution < -0.4 is 10.1 Å². The number of benzene rings is 1. The number of nitrogens with one attached hydrogen (secondary N) is 1. The zero-order valence-corrected chi connectivity index (χ0v) is 17.4. The Labute approximate surface area is 179 Å². The van der Waals surface area contributed by atoms with Gasteiger partial charge in [-0.1, -0.05) is 11.3 Å². The number of aromatic nitrogens is 1. The Morgan fingerprint density at radius 2 is 2.00 bits per heavy atom. The van der Waals surface area contributed by atoms with E-state index in [1.165, 1.54) is 28.9 Å². The molecule has 0 aliphatic rings. The molecule has 4 aromatic rings. The normalized spacial score (nSPS) is 10.6. The third-order valence-corrected chi connectivity index (χ3v) is 5.56. The lowest BCUT2D eigenvalue weighted by molar-refractivity contribution is 0.0529. The summed E-state index contributed by atoms with van der Waals surface area (Å²) in [5.41, 5.74) is 1.27. The van der Waals surface area contributed by atoms with Crippen LogP contribution in [0.5, 0.6) is 10.9 Å². The lowest BCUT2D eigenvalue weighted by atomic mass is 10.1. The Morgan fingerprint density at radius 1 is 1.17 bits per heavy atom. The third kappa shape index (κ3) is 4.27. The molecule has 0 fully saturated rings. The first-order chi connectivity index (χ1) is 14.7. The van der Waals surface area contributed by atoms with Crippen LogP contribution in [0.15, 0.2) is 64.0 Å². The van der Waals surface area contributed by atoms with Gasteiger partial charge in [-0.3, -0.25) is 4.79 Å². The number of nitrogens with zero attached hydrogens (tertiary/aromatic N) is 1. The van der Waals surface area contributed by atoms with Gasteiger partial charge >= 0.3 is 5.97 Å². The number of rotatable bonds is 7. The minimum absolute atomic E-state index is 0.222. The number of thiazole rings is 1. The van der Waals surface area contributed by atoms with E-state index in [-0.39, 0.29) is 18.1 Å². The van der Waals surface area contributed by atoms with Crippen LogP contribution in [0.2, 0.25) is 0 Å². The summed E-state index contributed by atoms with van der Waals surface area (Å²) in [5, 5.41) is 7.29. The van der Waals surface area contributed by atoms with Crippen LogP contribution in [-0.2, 0) is 4.74 Å². The molecule has 0 saturated carbocycles. The zero-order valence-electron chi connectivity index (χ0n) is 15.8. The second kappa shape index (κ2) is 8.93. The summed E-state index contributed by atoms with van der Waals surface area (Å²) in [6, 6.07) is 10.1. The van der Waals surface area contributed by atoms with Crippen LogP contribution in [0, 0.1) is 0 Å². The highest BCUT2D eigenvalue weighted by Gasteiger charge is 2.24. The Hall–Kier alpha value is -3.43. The minimum atomic E-state index is -0.521. The summed E-state index contributed by atoms with van der Waals surface area (Å²) in [6.07, 6.45) is 3.18. The predicted molar refractivity (Wildman–Crippen MR) is 115 cm³/mol. The Kier molecular flexibility index (Phi) is 5.92. The fourth-order valence-electron chi connectivity index (χ4n) is 2.68. The first-order valence-corrected chi connectivity index (χ1v) is 10.7. The molecule has 4 rings (SSSR count). The largest absolute Gasteiger partial charge is 0.464 e. The van der Waals surface area contributed by atoms with Gasteiger partial charge < -0.3 is 19.2 Å². The average Bonchev–Trinajstić information content (AvgIpc) is 3.50. The number of ether oxygens (including phenoxy) is 2. The van der Waals surface area contributed by atoms with Crippen molar-refractivity contribution in [3.63, 3.8) is 0 Å². The number of carbonyl (C=O) groups is 2. The standard InChI is InChI=1S/C21H16N2O5S2/c1-2-26-20(25)17-15(16-4-3-10-27-16)12-30-19(17)23-18(24)13-5-7-14(8-6-13)28-21-22-9-11-29-21/h3-12H,2H2,1H3,(H,23,24). The molecule has 0 atom stereocenters. The van der Waals surface area contributed by atoms with Crippen LogP contribution in [-0.4, -0.2) is 23.5 Å². The molecule has 0 saturated heterocycles. The number of anilines is 1. The van der Waals surface area contributed by atoms with E-state index >= 15 is 0 Å². The molecule has 0 radical (unpaired) electrons. The number of thiophene rings is 1. The van der Waals surface area contributed by atoms with Crippen molar-refractivity contribution in [2.24, 2.45) is 0 Å². The second-order valence-corrected chi connectivity index (χ2v) is 7.67. The number of esters is 1. The summed E-state index contributed by atoms with van der Waals surface area (Å²) in [7, 11) is 0. The molecule has 7 nitrogen and oxygen atoms in total. The van der Waals surface area contributed by atoms with Gasteiger partial charge in [0.15, 0.2) is 0 Å². The first kappa shape index (κ1) is 19.9. The summed E-state index contributed by atoms with van der Waals surface area (Å²) >= 11 is 2.61. The van der Waals surface area contributed by atoms with E-state index in [9.17, 15) is 9.59 Å². The van der Waals surface area contributed by atoms with E-state index in [1.807, 2.05) is 5.38 Å². The molecule has 152 valence electrons. The molecular weight excluding hydrogens is 424 g/mol. The molecule has 1 aromatic carbocycles. The van der Waals surface area contributed by atoms with Crippen molar-refractivity contribution >= 4 is 39.6 Å². The monoisotopic (exact) mass is 440 g/mol. The highest BCUT2D eigenvalue weighted by Crippen LogP contribution is 2.36. The highest BCUT2D eigenvalue weighted by molar-refractivity contribution is 7.15. The molecule has 0 unspecified atom stereocenters. The van der Waals surface area contributed by atoms with Gasteiger partial charge in [0, 0.05) is 28.1 Å². The maximum Gasteiger partial charge on any atom is 0.341 e. The van der Waals surface area contributed by atoms with E-state index in [4.69, 9.17) is 13.9 Å². The van der Waals surface area contributed by atoms with Crippen molar-refractivity contribution in [1.29, 1.82) is 0 Å². The van der Waals surface area contributed by atoms with Crippen LogP contribution in [0.25, 0.3) is 11.3 Å². The molecule has 30 heavy (non-hydrogen) atoms. The topological polar surface area (TPSA) is 90.7 Å². The lowest BCUT2D eigenvalue weighted by Gasteiger charge is -2.08. The Balaban J connectivity index is 1.54. The molecule has 1 amide bonds. The van der Waals surface area contributed by atoms with Crippen molar-refractivity contribution in [2.45, 2.75) is 6.92 Å². The smallest absolute Gasteiger partial charge is 0.341 e. The fourth-order valence-corrected chi connectivity index (χ4v) is 4.12. The number of hydrogen-bond donors (Lipinski definition) is 1. The number of hydrogen-bond acceptors (Lipinski definition) is 8. The van der Waals surface area contributed by atoms with Gasteiger partial charge in [-0.25, -0.2) is 9.78 Å². The maximum atomic E-state index is 12.7. The van der Waals surface area contributed by atoms with Crippen LogP contribution in [0.1, 0.15) is 27.6 Å². The minimum Gasteiger partial charge on any atom is -0.464 e. The van der Waals surface area contributed by atoms with E-state index in [1.54, 1.807) is 54.9 Å². The van der Waals surface area contributed by atoms with Crippen molar-refractivity contribution < 1.29 is 23.5 Å². The Bertz CT molecular complexity index is 1130. The molecule has 3 aromatic heterocycles. The average molecular weight is 441 g/mol. The van der Waals surface area contributed by atoms with Gasteiger partial charge in [0.05, 0.1) is 12.9 Å². The summed E-state index contributed by atoms with van der Waals surface area (Å²) < 4.78 is 16.2. The van der Waals surface area contributed by atoms with E-state index in [0.717, 1.165) is 0 Å². The zero-order chi connectivity index (χ0) is 20.9. The van der Waals surface area contributed by atoms with Crippen LogP contribution in [0.4, 0.5) is 5.00 Å². The maximum absolute atomic E-state index is 12.7. The predicted octanol–water partition coefficient (Wildman–Crippen LogP) is 5.69. The van der Waals surface area contributed by atoms with Gasteiger partial charge in [0.25, 0.3) is 11.1 Å². The van der Waals surface area contributed by atoms with Crippen LogP contribution in [0.3, 0.4) is 0 Å². The van der Waals surface area contributed by atoms with Crippen LogP contribution >= 0.6 is 22.7 Å². The summed E-state index contributed by atoms with van der Waals surface area (Å²) in [6.45, 7) is 1.95. The first-order valence-electron chi connectivity index (χ1n) is 8.97. The summed E-state index contributed by atoms with van der Waals surface area (Å²) in [5.74, 6) is 0.227. The van der Waals surface area contributed by atoms with Gasteiger partial charge in [-0.15, -0.1) is 11.3 Å². The number of carbonyl (C=O) groups excluding carboxylic acids is 2. The van der Waals surface area contributed by atoms with E-state index in [0.29, 0.717) is 32.8 Å². The van der Waals surface area contributed by atoms with Crippen molar-refractivity contribution in [3.05, 3.63) is 70.7 Å². The number of furan rings is 1. The third-order valence-electron chi connectivity index (χ3n) is 4.02. The van der Waals surface area contributed by atoms with Gasteiger partial charge in [0.2, 0.25) is 0 Å². The van der Waals surface area contributed by atoms with Gasteiger partial charge in [0.1, 0.15) is 22.1 Å². The molecular formula is C21H16N2O5S2. The molecule has 0 aliphatic heterocycles. The Morgan fingerprint density at radius 3 is 2.67 bits per heavy atom. The van der Waals surface area contributed by atoms with E-state index < -0.39 is 5.97 Å². The highest BCUT2D eigenvalue weighted by atomic mass is 32.1. The van der Waals surface area contributed by atoms with Crippen molar-refractivity contribution in [2.75, 3.05) is 11.9 Å². The molecule has 0 spiro atoms. The second-order valence-electron chi connectivity index (χ2n) is 5.93. The van der Waals surface area contributed by atoms with Crippen molar-refractivity contribution in [1.82, 2.24) is 4.98 Å². The molecule has 3 heterocycles. The lowest BCUT2D eigenvalue weighted by Crippen LogP contribution is -2.14. The molecule has 9 heteroatoms. The quantitative estimate of drug-likeness (QED) is 0.372. The molecule has 1 N–H and O–H groups in total. The SMILES string of the molecule is CCOC(=O)c1c(-c2ccco2)csc1NC(=O)c1ccc(Oc2nccs2)cc1. The fraction of sp³-hybridized carbons (Fsp3) is 0.0952. The van der Waals surface area contributed by atoms with Gasteiger partial charge in [-0.2, -0.15) is 0 Å².